The lowest BCUT2D eigenvalue weighted by molar-refractivity contribution is -0.144. The summed E-state index contributed by atoms with van der Waals surface area (Å²) in [6.07, 6.45) is 9.39. The fourth-order valence-corrected chi connectivity index (χ4v) is 3.22. The maximum Gasteiger partial charge on any atom is 0.411 e. The third-order valence-electron chi connectivity index (χ3n) is 4.74. The van der Waals surface area contributed by atoms with Crippen molar-refractivity contribution in [3.63, 3.8) is 0 Å². The van der Waals surface area contributed by atoms with Crippen LogP contribution in [0.4, 0.5) is 4.79 Å². The Balaban J connectivity index is 0.000000555. The first-order valence-corrected chi connectivity index (χ1v) is 10.9. The molecule has 2 N–H and O–H groups in total. The number of hydrogen-bond acceptors (Lipinski definition) is 4. The van der Waals surface area contributed by atoms with Gasteiger partial charge in [0.2, 0.25) is 0 Å². The summed E-state index contributed by atoms with van der Waals surface area (Å²) in [6, 6.07) is -0.733. The molecule has 1 fully saturated rings. The van der Waals surface area contributed by atoms with Gasteiger partial charge in [-0.3, -0.25) is 9.69 Å². The number of aliphatic carboxylic acids is 2. The molecule has 29 heavy (non-hydrogen) atoms. The van der Waals surface area contributed by atoms with Crippen molar-refractivity contribution in [1.29, 1.82) is 0 Å². The molecule has 0 saturated carbocycles. The van der Waals surface area contributed by atoms with Gasteiger partial charge in [-0.2, -0.15) is 0 Å². The van der Waals surface area contributed by atoms with Crippen LogP contribution in [0.1, 0.15) is 98.8 Å². The number of carbonyl (C=O) groups excluding carboxylic acids is 1. The van der Waals surface area contributed by atoms with Crippen molar-refractivity contribution in [2.75, 3.05) is 6.54 Å². The van der Waals surface area contributed by atoms with Crippen LogP contribution in [0, 0.1) is 5.92 Å². The standard InChI is InChI=1S/C11H19NO4.C11H22O2/c1-11(2,3)16-10(15)12-7-5-4-6-8(12)9(13)14;1-3-4-5-6-7-8-10(2)9-11(12)13/h8H,4-7H2,1-3H3,(H,13,14);10H,3-9H2,1-2H3,(H,12,13)/t8-;/m1./s1. The molecule has 7 heteroatoms. The lowest BCUT2D eigenvalue weighted by atomic mass is 9.99. The smallest absolute Gasteiger partial charge is 0.411 e. The van der Waals surface area contributed by atoms with Crippen molar-refractivity contribution in [2.24, 2.45) is 5.92 Å². The molecule has 0 aromatic carbocycles. The Kier molecular flexibility index (Phi) is 13.4. The summed E-state index contributed by atoms with van der Waals surface area (Å²) in [6.45, 7) is 9.99. The van der Waals surface area contributed by atoms with Crippen LogP contribution >= 0.6 is 0 Å². The highest BCUT2D eigenvalue weighted by atomic mass is 16.6. The van der Waals surface area contributed by atoms with Gasteiger partial charge in [0.1, 0.15) is 11.6 Å². The van der Waals surface area contributed by atoms with Crippen LogP contribution in [0.5, 0.6) is 0 Å². The number of amides is 1. The van der Waals surface area contributed by atoms with Crippen molar-refractivity contribution in [3.8, 4) is 0 Å². The predicted molar refractivity (Wildman–Crippen MR) is 113 cm³/mol. The topological polar surface area (TPSA) is 104 Å². The molecule has 170 valence electrons. The van der Waals surface area contributed by atoms with E-state index in [9.17, 15) is 14.4 Å². The van der Waals surface area contributed by atoms with E-state index < -0.39 is 29.7 Å². The minimum Gasteiger partial charge on any atom is -0.481 e. The maximum atomic E-state index is 11.8. The second-order valence-electron chi connectivity index (χ2n) is 8.93. The van der Waals surface area contributed by atoms with E-state index in [2.05, 4.69) is 6.92 Å². The Morgan fingerprint density at radius 2 is 1.69 bits per heavy atom. The molecule has 1 aliphatic heterocycles. The predicted octanol–water partition coefficient (Wildman–Crippen LogP) is 5.32. The second-order valence-corrected chi connectivity index (χ2v) is 8.93. The molecule has 7 nitrogen and oxygen atoms in total. The minimum atomic E-state index is -0.953. The number of carboxylic acids is 2. The number of rotatable bonds is 9. The Bertz CT molecular complexity index is 500. The van der Waals surface area contributed by atoms with E-state index in [0.717, 1.165) is 19.3 Å². The lowest BCUT2D eigenvalue weighted by Gasteiger charge is -2.34. The number of ether oxygens (including phenoxy) is 1. The van der Waals surface area contributed by atoms with Crippen molar-refractivity contribution in [1.82, 2.24) is 4.90 Å². The zero-order valence-electron chi connectivity index (χ0n) is 18.9. The third-order valence-corrected chi connectivity index (χ3v) is 4.74. The van der Waals surface area contributed by atoms with Crippen LogP contribution in [0.2, 0.25) is 0 Å². The van der Waals surface area contributed by atoms with Crippen LogP contribution in [0.3, 0.4) is 0 Å². The highest BCUT2D eigenvalue weighted by molar-refractivity contribution is 5.80. The molecule has 1 unspecified atom stereocenters. The zero-order valence-corrected chi connectivity index (χ0v) is 18.9. The fourth-order valence-electron chi connectivity index (χ4n) is 3.22. The second kappa shape index (κ2) is 14.2. The summed E-state index contributed by atoms with van der Waals surface area (Å²) in [5.74, 6) is -1.27. The molecular formula is C22H41NO6. The van der Waals surface area contributed by atoms with Gasteiger partial charge in [0.05, 0.1) is 0 Å². The van der Waals surface area contributed by atoms with Crippen LogP contribution in [-0.4, -0.2) is 51.3 Å². The monoisotopic (exact) mass is 415 g/mol. The van der Waals surface area contributed by atoms with Crippen LogP contribution in [0.25, 0.3) is 0 Å². The quantitative estimate of drug-likeness (QED) is 0.494. The largest absolute Gasteiger partial charge is 0.481 e. The van der Waals surface area contributed by atoms with Crippen LogP contribution < -0.4 is 0 Å². The number of likely N-dealkylation sites (tertiary alicyclic amines) is 1. The highest BCUT2D eigenvalue weighted by Crippen LogP contribution is 2.20. The molecule has 1 rings (SSSR count). The van der Waals surface area contributed by atoms with Gasteiger partial charge < -0.3 is 14.9 Å². The first-order chi connectivity index (χ1) is 13.5. The summed E-state index contributed by atoms with van der Waals surface area (Å²) < 4.78 is 5.18. The number of piperidine rings is 1. The van der Waals surface area contributed by atoms with Gasteiger partial charge in [0.15, 0.2) is 0 Å². The Labute approximate surface area is 175 Å². The van der Waals surface area contributed by atoms with Gasteiger partial charge in [0.25, 0.3) is 0 Å². The summed E-state index contributed by atoms with van der Waals surface area (Å²) in [4.78, 5) is 34.4. The van der Waals surface area contributed by atoms with Gasteiger partial charge >= 0.3 is 18.0 Å². The first-order valence-electron chi connectivity index (χ1n) is 10.9. The van der Waals surface area contributed by atoms with Gasteiger partial charge in [0, 0.05) is 13.0 Å². The molecule has 1 heterocycles. The number of carbonyl (C=O) groups is 3. The average molecular weight is 416 g/mol. The van der Waals surface area contributed by atoms with Crippen molar-refractivity contribution in [3.05, 3.63) is 0 Å². The molecule has 0 radical (unpaired) electrons. The summed E-state index contributed by atoms with van der Waals surface area (Å²) >= 11 is 0. The molecule has 0 aliphatic carbocycles. The van der Waals surface area contributed by atoms with E-state index in [1.165, 1.54) is 37.0 Å². The van der Waals surface area contributed by atoms with E-state index >= 15 is 0 Å². The molecule has 1 saturated heterocycles. The van der Waals surface area contributed by atoms with E-state index in [1.54, 1.807) is 20.8 Å². The third kappa shape index (κ3) is 13.9. The van der Waals surface area contributed by atoms with Gasteiger partial charge in [-0.15, -0.1) is 0 Å². The molecule has 0 bridgehead atoms. The summed E-state index contributed by atoms with van der Waals surface area (Å²) in [5, 5.41) is 17.5. The molecule has 1 aliphatic rings. The molecule has 1 amide bonds. The van der Waals surface area contributed by atoms with Crippen LogP contribution in [-0.2, 0) is 14.3 Å². The van der Waals surface area contributed by atoms with E-state index in [1.807, 2.05) is 6.92 Å². The molecule has 0 aromatic heterocycles. The van der Waals surface area contributed by atoms with Crippen LogP contribution in [0.15, 0.2) is 0 Å². The average Bonchev–Trinajstić information content (AvgIpc) is 2.60. The van der Waals surface area contributed by atoms with Crippen molar-refractivity contribution < 1.29 is 29.3 Å². The highest BCUT2D eigenvalue weighted by Gasteiger charge is 2.34. The van der Waals surface area contributed by atoms with Gasteiger partial charge in [-0.05, 0) is 46.0 Å². The van der Waals surface area contributed by atoms with Gasteiger partial charge in [-0.25, -0.2) is 9.59 Å². The molecule has 2 atom stereocenters. The van der Waals surface area contributed by atoms with E-state index in [-0.39, 0.29) is 0 Å². The Morgan fingerprint density at radius 3 is 2.21 bits per heavy atom. The summed E-state index contributed by atoms with van der Waals surface area (Å²) in [7, 11) is 0. The number of nitrogens with zero attached hydrogens (tertiary/aromatic N) is 1. The number of carboxylic acid groups (broad SMARTS) is 2. The van der Waals surface area contributed by atoms with E-state index in [4.69, 9.17) is 14.9 Å². The molecular weight excluding hydrogens is 374 g/mol. The molecule has 0 spiro atoms. The maximum absolute atomic E-state index is 11.8. The van der Waals surface area contributed by atoms with Crippen molar-refractivity contribution >= 4 is 18.0 Å². The lowest BCUT2D eigenvalue weighted by Crippen LogP contribution is -2.49. The number of unbranched alkanes of at least 4 members (excludes halogenated alkanes) is 4. The van der Waals surface area contributed by atoms with E-state index in [0.29, 0.717) is 25.3 Å². The zero-order chi connectivity index (χ0) is 22.4. The first kappa shape index (κ1) is 27.2. The van der Waals surface area contributed by atoms with Gasteiger partial charge in [-0.1, -0.05) is 52.4 Å². The fraction of sp³-hybridized carbons (Fsp3) is 0.864. The summed E-state index contributed by atoms with van der Waals surface area (Å²) in [5.41, 5.74) is -0.586. The molecule has 0 aromatic rings. The Hall–Kier alpha value is -1.79. The number of hydrogen-bond donors (Lipinski definition) is 2. The minimum absolute atomic E-state index is 0.327. The SMILES string of the molecule is CC(C)(C)OC(=O)N1CCCC[C@@H]1C(=O)O.CCCCCCCC(C)CC(=O)O. The Morgan fingerprint density at radius 1 is 1.07 bits per heavy atom. The normalized spacial score (nSPS) is 17.7. The van der Waals surface area contributed by atoms with Crippen molar-refractivity contribution in [2.45, 2.75) is 110 Å².